The molecular formula is C13H16O3. The van der Waals surface area contributed by atoms with Crippen molar-refractivity contribution in [1.29, 1.82) is 0 Å². The number of rotatable bonds is 5. The summed E-state index contributed by atoms with van der Waals surface area (Å²) in [5.74, 6) is -0.194. The lowest BCUT2D eigenvalue weighted by atomic mass is 10.0. The predicted octanol–water partition coefficient (Wildman–Crippen LogP) is 2.38. The number of carbonyl (C=O) groups excluding carboxylic acids is 2. The van der Waals surface area contributed by atoms with Gasteiger partial charge >= 0.3 is 5.97 Å². The summed E-state index contributed by atoms with van der Waals surface area (Å²) in [5.41, 5.74) is 1.59. The van der Waals surface area contributed by atoms with Crippen LogP contribution in [0.15, 0.2) is 24.3 Å². The molecule has 1 aromatic rings. The molecule has 0 aliphatic rings. The summed E-state index contributed by atoms with van der Waals surface area (Å²) < 4.78 is 4.84. The SMILES string of the molecule is CCOC(=O)CCc1ccccc1C(C)=O. The van der Waals surface area contributed by atoms with E-state index in [0.717, 1.165) is 5.56 Å². The van der Waals surface area contributed by atoms with Crippen LogP contribution in [-0.4, -0.2) is 18.4 Å². The standard InChI is InChI=1S/C13H16O3/c1-3-16-13(15)9-8-11-6-4-5-7-12(11)10(2)14/h4-7H,3,8-9H2,1-2H3. The van der Waals surface area contributed by atoms with Gasteiger partial charge in [-0.2, -0.15) is 0 Å². The molecule has 0 aromatic heterocycles. The van der Waals surface area contributed by atoms with Crippen molar-refractivity contribution in [3.8, 4) is 0 Å². The highest BCUT2D eigenvalue weighted by atomic mass is 16.5. The number of benzene rings is 1. The minimum absolute atomic E-state index is 0.0273. The van der Waals surface area contributed by atoms with E-state index in [9.17, 15) is 9.59 Å². The molecule has 16 heavy (non-hydrogen) atoms. The monoisotopic (exact) mass is 220 g/mol. The number of hydrogen-bond donors (Lipinski definition) is 0. The van der Waals surface area contributed by atoms with Gasteiger partial charge in [-0.25, -0.2) is 0 Å². The molecule has 0 saturated heterocycles. The molecule has 0 fully saturated rings. The Morgan fingerprint density at radius 3 is 2.56 bits per heavy atom. The molecule has 0 saturated carbocycles. The maximum Gasteiger partial charge on any atom is 0.306 e. The van der Waals surface area contributed by atoms with Gasteiger partial charge in [0.15, 0.2) is 5.78 Å². The Bertz CT molecular complexity index is 383. The molecule has 86 valence electrons. The minimum atomic E-state index is -0.221. The number of Topliss-reactive ketones (excluding diaryl/α,β-unsaturated/α-hetero) is 1. The van der Waals surface area contributed by atoms with E-state index in [1.54, 1.807) is 13.0 Å². The van der Waals surface area contributed by atoms with E-state index in [1.165, 1.54) is 6.92 Å². The van der Waals surface area contributed by atoms with Gasteiger partial charge in [0, 0.05) is 12.0 Å². The first-order valence-electron chi connectivity index (χ1n) is 5.39. The van der Waals surface area contributed by atoms with Crippen LogP contribution in [0.1, 0.15) is 36.2 Å². The Kier molecular flexibility index (Phi) is 4.70. The Morgan fingerprint density at radius 2 is 1.94 bits per heavy atom. The number of hydrogen-bond acceptors (Lipinski definition) is 3. The molecule has 0 unspecified atom stereocenters. The van der Waals surface area contributed by atoms with Crippen molar-refractivity contribution in [2.45, 2.75) is 26.7 Å². The fourth-order valence-electron chi connectivity index (χ4n) is 1.55. The van der Waals surface area contributed by atoms with Crippen LogP contribution in [0.25, 0.3) is 0 Å². The third-order valence-corrected chi connectivity index (χ3v) is 2.30. The summed E-state index contributed by atoms with van der Waals surface area (Å²) in [6.07, 6.45) is 0.868. The number of ketones is 1. The Morgan fingerprint density at radius 1 is 1.25 bits per heavy atom. The molecule has 3 nitrogen and oxygen atoms in total. The lowest BCUT2D eigenvalue weighted by Crippen LogP contribution is -2.07. The van der Waals surface area contributed by atoms with Gasteiger partial charge in [-0.05, 0) is 25.8 Å². The Labute approximate surface area is 95.4 Å². The van der Waals surface area contributed by atoms with E-state index < -0.39 is 0 Å². The van der Waals surface area contributed by atoms with Crippen LogP contribution in [0.4, 0.5) is 0 Å². The van der Waals surface area contributed by atoms with Crippen molar-refractivity contribution in [1.82, 2.24) is 0 Å². The van der Waals surface area contributed by atoms with E-state index in [0.29, 0.717) is 25.0 Å². The Hall–Kier alpha value is -1.64. The molecule has 0 atom stereocenters. The third kappa shape index (κ3) is 3.50. The van der Waals surface area contributed by atoms with Crippen LogP contribution in [0.3, 0.4) is 0 Å². The number of aryl methyl sites for hydroxylation is 1. The zero-order valence-corrected chi connectivity index (χ0v) is 9.66. The second kappa shape index (κ2) is 6.05. The largest absolute Gasteiger partial charge is 0.466 e. The van der Waals surface area contributed by atoms with Crippen molar-refractivity contribution in [3.63, 3.8) is 0 Å². The second-order valence-electron chi connectivity index (χ2n) is 3.52. The number of esters is 1. The smallest absolute Gasteiger partial charge is 0.306 e. The molecule has 0 spiro atoms. The third-order valence-electron chi connectivity index (χ3n) is 2.30. The summed E-state index contributed by atoms with van der Waals surface area (Å²) in [6.45, 7) is 3.71. The Balaban J connectivity index is 2.66. The summed E-state index contributed by atoms with van der Waals surface area (Å²) in [7, 11) is 0. The fraction of sp³-hybridized carbons (Fsp3) is 0.385. The van der Waals surface area contributed by atoms with Crippen LogP contribution in [0.5, 0.6) is 0 Å². The maximum atomic E-state index is 11.3. The van der Waals surface area contributed by atoms with Gasteiger partial charge in [0.05, 0.1) is 6.61 Å². The highest BCUT2D eigenvalue weighted by Gasteiger charge is 2.08. The lowest BCUT2D eigenvalue weighted by Gasteiger charge is -2.06. The van der Waals surface area contributed by atoms with Gasteiger partial charge in [0.25, 0.3) is 0 Å². The van der Waals surface area contributed by atoms with Crippen molar-refractivity contribution < 1.29 is 14.3 Å². The predicted molar refractivity (Wildman–Crippen MR) is 61.4 cm³/mol. The quantitative estimate of drug-likeness (QED) is 0.565. The molecular weight excluding hydrogens is 204 g/mol. The van der Waals surface area contributed by atoms with Crippen LogP contribution in [0, 0.1) is 0 Å². The topological polar surface area (TPSA) is 43.4 Å². The molecule has 1 aromatic carbocycles. The van der Waals surface area contributed by atoms with Gasteiger partial charge in [0.2, 0.25) is 0 Å². The molecule has 0 bridgehead atoms. The average molecular weight is 220 g/mol. The zero-order chi connectivity index (χ0) is 12.0. The first-order valence-corrected chi connectivity index (χ1v) is 5.39. The summed E-state index contributed by atoms with van der Waals surface area (Å²) in [5, 5.41) is 0. The van der Waals surface area contributed by atoms with Crippen molar-refractivity contribution >= 4 is 11.8 Å². The highest BCUT2D eigenvalue weighted by molar-refractivity contribution is 5.95. The average Bonchev–Trinajstić information content (AvgIpc) is 2.27. The molecule has 0 amide bonds. The minimum Gasteiger partial charge on any atom is -0.466 e. The lowest BCUT2D eigenvalue weighted by molar-refractivity contribution is -0.143. The first kappa shape index (κ1) is 12.4. The van der Waals surface area contributed by atoms with Crippen LogP contribution >= 0.6 is 0 Å². The summed E-state index contributed by atoms with van der Waals surface area (Å²) in [4.78, 5) is 22.5. The molecule has 1 rings (SSSR count). The van der Waals surface area contributed by atoms with Crippen molar-refractivity contribution in [2.24, 2.45) is 0 Å². The van der Waals surface area contributed by atoms with E-state index in [4.69, 9.17) is 4.74 Å². The molecule has 0 heterocycles. The molecule has 0 aliphatic carbocycles. The van der Waals surface area contributed by atoms with Gasteiger partial charge in [-0.3, -0.25) is 9.59 Å². The highest BCUT2D eigenvalue weighted by Crippen LogP contribution is 2.12. The fourth-order valence-corrected chi connectivity index (χ4v) is 1.55. The second-order valence-corrected chi connectivity index (χ2v) is 3.52. The summed E-state index contributed by atoms with van der Waals surface area (Å²) >= 11 is 0. The van der Waals surface area contributed by atoms with Gasteiger partial charge in [-0.1, -0.05) is 24.3 Å². The normalized spacial score (nSPS) is 9.88. The first-order chi connectivity index (χ1) is 7.65. The van der Waals surface area contributed by atoms with Gasteiger partial charge < -0.3 is 4.74 Å². The van der Waals surface area contributed by atoms with E-state index in [2.05, 4.69) is 0 Å². The molecule has 0 aliphatic heterocycles. The molecule has 0 radical (unpaired) electrons. The van der Waals surface area contributed by atoms with Crippen LogP contribution in [-0.2, 0) is 16.0 Å². The molecule has 3 heteroatoms. The van der Waals surface area contributed by atoms with Crippen molar-refractivity contribution in [3.05, 3.63) is 35.4 Å². The van der Waals surface area contributed by atoms with E-state index in [-0.39, 0.29) is 11.8 Å². The van der Waals surface area contributed by atoms with Crippen LogP contribution < -0.4 is 0 Å². The van der Waals surface area contributed by atoms with Crippen LogP contribution in [0.2, 0.25) is 0 Å². The van der Waals surface area contributed by atoms with Crippen molar-refractivity contribution in [2.75, 3.05) is 6.61 Å². The number of ether oxygens (including phenoxy) is 1. The molecule has 0 N–H and O–H groups in total. The summed E-state index contributed by atoms with van der Waals surface area (Å²) in [6, 6.07) is 7.34. The maximum absolute atomic E-state index is 11.3. The van der Waals surface area contributed by atoms with E-state index >= 15 is 0 Å². The van der Waals surface area contributed by atoms with Gasteiger partial charge in [0.1, 0.15) is 0 Å². The number of carbonyl (C=O) groups is 2. The zero-order valence-electron chi connectivity index (χ0n) is 9.66. The van der Waals surface area contributed by atoms with Gasteiger partial charge in [-0.15, -0.1) is 0 Å². The van der Waals surface area contributed by atoms with E-state index in [1.807, 2.05) is 18.2 Å².